The Morgan fingerprint density at radius 2 is 1.64 bits per heavy atom. The van der Waals surface area contributed by atoms with Crippen LogP contribution in [0.25, 0.3) is 0 Å². The number of nitrogens with one attached hydrogen (secondary N) is 1. The van der Waals surface area contributed by atoms with E-state index in [0.717, 1.165) is 0 Å². The first kappa shape index (κ1) is 27.8. The molecule has 10 heteroatoms. The van der Waals surface area contributed by atoms with Gasteiger partial charge in [-0.15, -0.1) is 0 Å². The topological polar surface area (TPSA) is 113 Å². The van der Waals surface area contributed by atoms with E-state index >= 15 is 0 Å². The number of hydrogen-bond donors (Lipinski definition) is 2. The van der Waals surface area contributed by atoms with Crippen molar-refractivity contribution in [3.63, 3.8) is 0 Å². The predicted octanol–water partition coefficient (Wildman–Crippen LogP) is 2.94. The van der Waals surface area contributed by atoms with Gasteiger partial charge in [-0.05, 0) is 48.6 Å². The number of carbonyl (C=O) groups is 2. The van der Waals surface area contributed by atoms with Gasteiger partial charge in [0.15, 0.2) is 0 Å². The standard InChI is InChI=1S/C26H35N3O6S/c1-19(30)29(2,3)22-12-10-21(11-13-22)25(26(31)27-32)28(18-20-8-6-5-7-9-20)36(33,34)24-16-14-23(35-4)15-17-24/h5-9,14-17,21-22,25H,10-13,18H2,1-4H3,(H-,27,31,32)/p+1/t21?,22?,25-/m1/s1. The molecule has 1 atom stereocenters. The smallest absolute Gasteiger partial charge is 0.310 e. The number of sulfonamides is 1. The Bertz CT molecular complexity index is 1140. The predicted molar refractivity (Wildman–Crippen MR) is 134 cm³/mol. The van der Waals surface area contributed by atoms with Crippen molar-refractivity contribution in [1.29, 1.82) is 0 Å². The van der Waals surface area contributed by atoms with Crippen molar-refractivity contribution in [2.75, 3.05) is 21.2 Å². The van der Waals surface area contributed by atoms with E-state index in [1.54, 1.807) is 36.7 Å². The van der Waals surface area contributed by atoms with Gasteiger partial charge in [0, 0.05) is 19.4 Å². The fourth-order valence-corrected chi connectivity index (χ4v) is 6.58. The van der Waals surface area contributed by atoms with E-state index < -0.39 is 22.0 Å². The van der Waals surface area contributed by atoms with Crippen molar-refractivity contribution in [1.82, 2.24) is 9.79 Å². The van der Waals surface area contributed by atoms with Gasteiger partial charge in [0.1, 0.15) is 11.8 Å². The van der Waals surface area contributed by atoms with Crippen LogP contribution in [0.5, 0.6) is 5.75 Å². The van der Waals surface area contributed by atoms with Gasteiger partial charge in [-0.3, -0.25) is 14.5 Å². The van der Waals surface area contributed by atoms with Crippen LogP contribution in [0.2, 0.25) is 0 Å². The van der Waals surface area contributed by atoms with Crippen molar-refractivity contribution >= 4 is 21.8 Å². The lowest BCUT2D eigenvalue weighted by molar-refractivity contribution is -0.842. The molecule has 0 unspecified atom stereocenters. The Labute approximate surface area is 213 Å². The molecule has 1 fully saturated rings. The molecule has 36 heavy (non-hydrogen) atoms. The van der Waals surface area contributed by atoms with Crippen molar-refractivity contribution in [3.05, 3.63) is 60.2 Å². The summed E-state index contributed by atoms with van der Waals surface area (Å²) in [4.78, 5) is 25.2. The highest BCUT2D eigenvalue weighted by molar-refractivity contribution is 7.89. The zero-order chi connectivity index (χ0) is 26.5. The van der Waals surface area contributed by atoms with Crippen LogP contribution in [0.1, 0.15) is 38.2 Å². The normalized spacial score (nSPS) is 19.5. The molecule has 1 saturated carbocycles. The maximum absolute atomic E-state index is 13.9. The van der Waals surface area contributed by atoms with E-state index in [2.05, 4.69) is 0 Å². The van der Waals surface area contributed by atoms with Crippen LogP contribution in [0, 0.1) is 5.92 Å². The lowest BCUT2D eigenvalue weighted by atomic mass is 9.80. The average Bonchev–Trinajstić information content (AvgIpc) is 2.89. The molecule has 2 aromatic carbocycles. The summed E-state index contributed by atoms with van der Waals surface area (Å²) < 4.78 is 34.4. The molecule has 0 spiro atoms. The van der Waals surface area contributed by atoms with Gasteiger partial charge in [0.2, 0.25) is 10.0 Å². The minimum atomic E-state index is -4.14. The maximum Gasteiger partial charge on any atom is 0.310 e. The van der Waals surface area contributed by atoms with E-state index in [-0.39, 0.29) is 33.8 Å². The summed E-state index contributed by atoms with van der Waals surface area (Å²) >= 11 is 0. The second kappa shape index (κ2) is 11.5. The molecule has 2 N–H and O–H groups in total. The third kappa shape index (κ3) is 5.95. The number of methoxy groups -OCH3 is 1. The zero-order valence-corrected chi connectivity index (χ0v) is 22.1. The lowest BCUT2D eigenvalue weighted by Crippen LogP contribution is -2.56. The summed E-state index contributed by atoms with van der Waals surface area (Å²) in [7, 11) is 1.11. The number of benzene rings is 2. The van der Waals surface area contributed by atoms with Crippen LogP contribution < -0.4 is 10.2 Å². The quantitative estimate of drug-likeness (QED) is 0.300. The summed E-state index contributed by atoms with van der Waals surface area (Å²) in [6, 6.07) is 14.0. The van der Waals surface area contributed by atoms with Gasteiger partial charge in [0.05, 0.1) is 39.1 Å². The van der Waals surface area contributed by atoms with E-state index in [1.165, 1.54) is 23.5 Å². The van der Waals surface area contributed by atoms with Crippen LogP contribution in [-0.2, 0) is 26.2 Å². The lowest BCUT2D eigenvalue weighted by Gasteiger charge is -2.42. The number of hydroxylamine groups is 1. The Morgan fingerprint density at radius 3 is 2.14 bits per heavy atom. The molecule has 0 saturated heterocycles. The molecule has 9 nitrogen and oxygen atoms in total. The van der Waals surface area contributed by atoms with Gasteiger partial charge in [-0.25, -0.2) is 18.7 Å². The van der Waals surface area contributed by atoms with Crippen LogP contribution in [0.4, 0.5) is 0 Å². The highest BCUT2D eigenvalue weighted by atomic mass is 32.2. The van der Waals surface area contributed by atoms with Gasteiger partial charge in [0.25, 0.3) is 5.91 Å². The number of rotatable bonds is 9. The van der Waals surface area contributed by atoms with E-state index in [4.69, 9.17) is 4.74 Å². The fourth-order valence-electron chi connectivity index (χ4n) is 4.95. The Hall–Kier alpha value is -2.79. The number of carbonyl (C=O) groups excluding carboxylic acids is 2. The van der Waals surface area contributed by atoms with Crippen LogP contribution in [0.15, 0.2) is 59.5 Å². The molecule has 1 aliphatic rings. The van der Waals surface area contributed by atoms with Crippen molar-refractivity contribution in [2.24, 2.45) is 5.92 Å². The van der Waals surface area contributed by atoms with E-state index in [1.807, 2.05) is 32.3 Å². The Morgan fingerprint density at radius 1 is 1.06 bits per heavy atom. The van der Waals surface area contributed by atoms with Crippen molar-refractivity contribution in [2.45, 2.75) is 56.1 Å². The molecule has 0 bridgehead atoms. The first-order valence-corrected chi connectivity index (χ1v) is 13.4. The van der Waals surface area contributed by atoms with Gasteiger partial charge >= 0.3 is 5.91 Å². The molecule has 2 aromatic rings. The molecule has 1 aliphatic carbocycles. The molecule has 196 valence electrons. The molecule has 0 radical (unpaired) electrons. The largest absolute Gasteiger partial charge is 0.497 e. The summed E-state index contributed by atoms with van der Waals surface area (Å²) in [5.74, 6) is -0.544. The minimum absolute atomic E-state index is 0.0260. The van der Waals surface area contributed by atoms with Gasteiger partial charge < -0.3 is 4.74 Å². The van der Waals surface area contributed by atoms with E-state index in [0.29, 0.717) is 37.0 Å². The van der Waals surface area contributed by atoms with Crippen LogP contribution in [0.3, 0.4) is 0 Å². The van der Waals surface area contributed by atoms with Crippen molar-refractivity contribution < 1.29 is 32.4 Å². The SMILES string of the molecule is COc1ccc(S(=O)(=O)N(Cc2ccccc2)[C@@H](C(=O)NO)C2CCC([N+](C)(C)C(C)=O)CC2)cc1. The second-order valence-electron chi connectivity index (χ2n) is 9.76. The first-order chi connectivity index (χ1) is 17.0. The summed E-state index contributed by atoms with van der Waals surface area (Å²) in [5.41, 5.74) is 2.42. The second-order valence-corrected chi connectivity index (χ2v) is 11.7. The average molecular weight is 519 g/mol. The molecule has 3 rings (SSSR count). The number of hydrogen-bond acceptors (Lipinski definition) is 6. The number of quaternary nitrogens is 1. The number of ether oxygens (including phenoxy) is 1. The highest BCUT2D eigenvalue weighted by Crippen LogP contribution is 2.36. The molecule has 2 amide bonds. The molecule has 0 aromatic heterocycles. The summed E-state index contributed by atoms with van der Waals surface area (Å²) in [5, 5.41) is 9.62. The monoisotopic (exact) mass is 518 g/mol. The zero-order valence-electron chi connectivity index (χ0n) is 21.3. The maximum atomic E-state index is 13.9. The Balaban J connectivity index is 2.00. The highest BCUT2D eigenvalue weighted by Gasteiger charge is 2.45. The van der Waals surface area contributed by atoms with Crippen LogP contribution >= 0.6 is 0 Å². The number of amides is 2. The molecule has 0 heterocycles. The third-order valence-electron chi connectivity index (χ3n) is 7.45. The molecular weight excluding hydrogens is 482 g/mol. The Kier molecular flexibility index (Phi) is 8.89. The van der Waals surface area contributed by atoms with E-state index in [9.17, 15) is 23.2 Å². The first-order valence-electron chi connectivity index (χ1n) is 12.0. The van der Waals surface area contributed by atoms with Crippen LogP contribution in [-0.4, -0.2) is 67.5 Å². The summed E-state index contributed by atoms with van der Waals surface area (Å²) in [6.45, 7) is 1.53. The van der Waals surface area contributed by atoms with Gasteiger partial charge in [-0.1, -0.05) is 30.3 Å². The molecular formula is C26H36N3O6S+. The van der Waals surface area contributed by atoms with Gasteiger partial charge in [-0.2, -0.15) is 4.31 Å². The third-order valence-corrected chi connectivity index (χ3v) is 9.29. The minimum Gasteiger partial charge on any atom is -0.497 e. The fraction of sp³-hybridized carbons (Fsp3) is 0.462. The van der Waals surface area contributed by atoms with Crippen molar-refractivity contribution in [3.8, 4) is 5.75 Å². The molecule has 0 aliphatic heterocycles. The number of nitrogens with zero attached hydrogens (tertiary/aromatic N) is 2. The summed E-state index contributed by atoms with van der Waals surface area (Å²) in [6.07, 6.45) is 2.41.